The van der Waals surface area contributed by atoms with Gasteiger partial charge >= 0.3 is 0 Å². The second kappa shape index (κ2) is 4.64. The van der Waals surface area contributed by atoms with Gasteiger partial charge in [0.2, 0.25) is 0 Å². The molecule has 0 saturated carbocycles. The van der Waals surface area contributed by atoms with Crippen molar-refractivity contribution in [3.8, 4) is 0 Å². The van der Waals surface area contributed by atoms with Crippen LogP contribution in [0.15, 0.2) is 41.4 Å². The van der Waals surface area contributed by atoms with Crippen molar-refractivity contribution in [1.82, 2.24) is 4.98 Å². The molecule has 1 aromatic carbocycles. The molecular formula is C12H13NOS. The van der Waals surface area contributed by atoms with Gasteiger partial charge in [0.05, 0.1) is 17.1 Å². The summed E-state index contributed by atoms with van der Waals surface area (Å²) in [5.74, 6) is 0. The molecule has 1 atom stereocenters. The maximum atomic E-state index is 8.96. The molecule has 3 heteroatoms. The summed E-state index contributed by atoms with van der Waals surface area (Å²) in [4.78, 5) is 4.52. The van der Waals surface area contributed by atoms with Gasteiger partial charge in [-0.05, 0) is 12.1 Å². The predicted octanol–water partition coefficient (Wildman–Crippen LogP) is 2.71. The number of pyridine rings is 1. The van der Waals surface area contributed by atoms with Gasteiger partial charge in [0.1, 0.15) is 0 Å². The largest absolute Gasteiger partial charge is 0.395 e. The molecule has 0 aliphatic heterocycles. The minimum absolute atomic E-state index is 0.180. The number of hydrogen-bond donors (Lipinski definition) is 1. The second-order valence-corrected chi connectivity index (χ2v) is 4.91. The zero-order valence-corrected chi connectivity index (χ0v) is 9.37. The lowest BCUT2D eigenvalue weighted by Gasteiger charge is -2.07. The predicted molar refractivity (Wildman–Crippen MR) is 64.1 cm³/mol. The fourth-order valence-electron chi connectivity index (χ4n) is 1.36. The first-order valence-corrected chi connectivity index (χ1v) is 5.81. The van der Waals surface area contributed by atoms with E-state index >= 15 is 0 Å². The molecule has 2 aromatic rings. The van der Waals surface area contributed by atoms with Gasteiger partial charge < -0.3 is 5.11 Å². The van der Waals surface area contributed by atoms with E-state index in [0.29, 0.717) is 0 Å². The Morgan fingerprint density at radius 2 is 2.07 bits per heavy atom. The van der Waals surface area contributed by atoms with E-state index < -0.39 is 0 Å². The average molecular weight is 219 g/mol. The Kier molecular flexibility index (Phi) is 3.23. The molecule has 2 nitrogen and oxygen atoms in total. The SMILES string of the molecule is CC(CO)Sc1ccc2ccccc2n1. The molecule has 0 bridgehead atoms. The summed E-state index contributed by atoms with van der Waals surface area (Å²) in [6.07, 6.45) is 0. The van der Waals surface area contributed by atoms with E-state index in [-0.39, 0.29) is 11.9 Å². The third-order valence-corrected chi connectivity index (χ3v) is 3.17. The summed E-state index contributed by atoms with van der Waals surface area (Å²) in [6, 6.07) is 12.1. The molecule has 0 radical (unpaired) electrons. The van der Waals surface area contributed by atoms with Gasteiger partial charge in [0, 0.05) is 10.6 Å². The number of nitrogens with zero attached hydrogens (tertiary/aromatic N) is 1. The lowest BCUT2D eigenvalue weighted by molar-refractivity contribution is 0.300. The van der Waals surface area contributed by atoms with Gasteiger partial charge in [-0.2, -0.15) is 0 Å². The number of aromatic nitrogens is 1. The minimum Gasteiger partial charge on any atom is -0.395 e. The van der Waals surface area contributed by atoms with Crippen LogP contribution < -0.4 is 0 Å². The highest BCUT2D eigenvalue weighted by Crippen LogP contribution is 2.23. The van der Waals surface area contributed by atoms with Crippen LogP contribution >= 0.6 is 11.8 Å². The number of aliphatic hydroxyl groups is 1. The summed E-state index contributed by atoms with van der Waals surface area (Å²) in [5, 5.41) is 11.3. The summed E-state index contributed by atoms with van der Waals surface area (Å²) < 4.78 is 0. The van der Waals surface area contributed by atoms with Crippen LogP contribution in [0, 0.1) is 0 Å². The van der Waals surface area contributed by atoms with Gasteiger partial charge in [-0.15, -0.1) is 11.8 Å². The topological polar surface area (TPSA) is 33.1 Å². The van der Waals surface area contributed by atoms with Crippen LogP contribution in [-0.4, -0.2) is 21.9 Å². The number of rotatable bonds is 3. The molecule has 1 aromatic heterocycles. The standard InChI is InChI=1S/C12H13NOS/c1-9(8-14)15-12-7-6-10-4-2-3-5-11(10)13-12/h2-7,9,14H,8H2,1H3. The fraction of sp³-hybridized carbons (Fsp3) is 0.250. The maximum absolute atomic E-state index is 8.96. The Bertz CT molecular complexity index is 458. The van der Waals surface area contributed by atoms with E-state index in [4.69, 9.17) is 5.11 Å². The maximum Gasteiger partial charge on any atom is 0.0971 e. The van der Waals surface area contributed by atoms with Crippen LogP contribution in [0.5, 0.6) is 0 Å². The van der Waals surface area contributed by atoms with Crippen molar-refractivity contribution >= 4 is 22.7 Å². The van der Waals surface area contributed by atoms with Crippen molar-refractivity contribution in [3.05, 3.63) is 36.4 Å². The number of fused-ring (bicyclic) bond motifs is 1. The summed E-state index contributed by atoms with van der Waals surface area (Å²) in [6.45, 7) is 2.17. The number of benzene rings is 1. The molecule has 15 heavy (non-hydrogen) atoms. The Labute approximate surface area is 93.3 Å². The van der Waals surface area contributed by atoms with Crippen LogP contribution in [0.1, 0.15) is 6.92 Å². The first-order chi connectivity index (χ1) is 7.29. The van der Waals surface area contributed by atoms with Crippen molar-refractivity contribution < 1.29 is 5.11 Å². The third-order valence-electron chi connectivity index (χ3n) is 2.15. The van der Waals surface area contributed by atoms with Crippen LogP contribution in [0.3, 0.4) is 0 Å². The van der Waals surface area contributed by atoms with Gasteiger partial charge in [-0.1, -0.05) is 31.2 Å². The van der Waals surface area contributed by atoms with Crippen molar-refractivity contribution in [2.45, 2.75) is 17.2 Å². The lowest BCUT2D eigenvalue weighted by Crippen LogP contribution is -2.01. The summed E-state index contributed by atoms with van der Waals surface area (Å²) in [5.41, 5.74) is 1.01. The Hall–Kier alpha value is -1.06. The van der Waals surface area contributed by atoms with Gasteiger partial charge in [0.25, 0.3) is 0 Å². The number of thioether (sulfide) groups is 1. The number of para-hydroxylation sites is 1. The van der Waals surface area contributed by atoms with E-state index in [1.165, 1.54) is 0 Å². The van der Waals surface area contributed by atoms with E-state index in [1.807, 2.05) is 37.3 Å². The van der Waals surface area contributed by atoms with Crippen molar-refractivity contribution in [2.24, 2.45) is 0 Å². The first-order valence-electron chi connectivity index (χ1n) is 4.93. The highest BCUT2D eigenvalue weighted by molar-refractivity contribution is 7.99. The van der Waals surface area contributed by atoms with Crippen molar-refractivity contribution in [2.75, 3.05) is 6.61 Å². The van der Waals surface area contributed by atoms with E-state index in [9.17, 15) is 0 Å². The quantitative estimate of drug-likeness (QED) is 0.806. The molecule has 1 N–H and O–H groups in total. The summed E-state index contributed by atoms with van der Waals surface area (Å²) in [7, 11) is 0. The molecule has 0 amide bonds. The van der Waals surface area contributed by atoms with Crippen LogP contribution in [-0.2, 0) is 0 Å². The lowest BCUT2D eigenvalue weighted by atomic mass is 10.2. The number of aliphatic hydroxyl groups excluding tert-OH is 1. The van der Waals surface area contributed by atoms with Crippen LogP contribution in [0.4, 0.5) is 0 Å². The van der Waals surface area contributed by atoms with Crippen LogP contribution in [0.25, 0.3) is 10.9 Å². The Balaban J connectivity index is 2.30. The zero-order chi connectivity index (χ0) is 10.7. The minimum atomic E-state index is 0.180. The van der Waals surface area contributed by atoms with Gasteiger partial charge in [-0.3, -0.25) is 0 Å². The fourth-order valence-corrected chi connectivity index (χ4v) is 2.14. The van der Waals surface area contributed by atoms with E-state index in [2.05, 4.69) is 11.1 Å². The van der Waals surface area contributed by atoms with Gasteiger partial charge in [-0.25, -0.2) is 4.98 Å². The zero-order valence-electron chi connectivity index (χ0n) is 8.55. The summed E-state index contributed by atoms with van der Waals surface area (Å²) >= 11 is 1.60. The van der Waals surface area contributed by atoms with E-state index in [1.54, 1.807) is 11.8 Å². The highest BCUT2D eigenvalue weighted by Gasteiger charge is 2.04. The molecule has 1 unspecified atom stereocenters. The molecule has 0 saturated heterocycles. The molecule has 1 heterocycles. The Morgan fingerprint density at radius 1 is 1.27 bits per heavy atom. The molecule has 2 rings (SSSR count). The first kappa shape index (κ1) is 10.5. The molecule has 78 valence electrons. The molecular weight excluding hydrogens is 206 g/mol. The molecule has 0 fully saturated rings. The van der Waals surface area contributed by atoms with Gasteiger partial charge in [0.15, 0.2) is 0 Å². The second-order valence-electron chi connectivity index (χ2n) is 3.45. The highest BCUT2D eigenvalue weighted by atomic mass is 32.2. The third kappa shape index (κ3) is 2.49. The molecule has 0 aliphatic carbocycles. The van der Waals surface area contributed by atoms with Crippen molar-refractivity contribution in [3.63, 3.8) is 0 Å². The van der Waals surface area contributed by atoms with E-state index in [0.717, 1.165) is 15.9 Å². The average Bonchev–Trinajstić information content (AvgIpc) is 2.29. The molecule has 0 aliphatic rings. The smallest absolute Gasteiger partial charge is 0.0971 e. The number of hydrogen-bond acceptors (Lipinski definition) is 3. The monoisotopic (exact) mass is 219 g/mol. The normalized spacial score (nSPS) is 12.9. The Morgan fingerprint density at radius 3 is 2.87 bits per heavy atom. The van der Waals surface area contributed by atoms with Crippen LogP contribution in [0.2, 0.25) is 0 Å². The molecule has 0 spiro atoms. The van der Waals surface area contributed by atoms with Crippen molar-refractivity contribution in [1.29, 1.82) is 0 Å².